The van der Waals surface area contributed by atoms with E-state index in [9.17, 15) is 4.79 Å². The van der Waals surface area contributed by atoms with E-state index < -0.39 is 12.0 Å². The Bertz CT molecular complexity index is 1360. The second-order valence-electron chi connectivity index (χ2n) is 7.98. The van der Waals surface area contributed by atoms with Crippen molar-refractivity contribution < 1.29 is 19.0 Å². The molecule has 7 heteroatoms. The summed E-state index contributed by atoms with van der Waals surface area (Å²) < 4.78 is 18.7. The van der Waals surface area contributed by atoms with E-state index in [1.54, 1.807) is 7.11 Å². The highest BCUT2D eigenvalue weighted by Gasteiger charge is 2.35. The number of nitrogens with one attached hydrogen (secondary N) is 1. The maximum Gasteiger partial charge on any atom is 0.338 e. The Morgan fingerprint density at radius 3 is 2.56 bits per heavy atom. The zero-order valence-electron chi connectivity index (χ0n) is 19.0. The molecule has 0 saturated carbocycles. The van der Waals surface area contributed by atoms with E-state index in [0.717, 1.165) is 22.3 Å². The van der Waals surface area contributed by atoms with Crippen LogP contribution in [0.4, 0.5) is 5.95 Å². The number of hydrogen-bond acceptors (Lipinski definition) is 6. The molecule has 1 atom stereocenters. The number of allylic oxidation sites excluding steroid dienone is 1. The summed E-state index contributed by atoms with van der Waals surface area (Å²) in [6.07, 6.45) is 0. The molecule has 0 unspecified atom stereocenters. The van der Waals surface area contributed by atoms with E-state index in [4.69, 9.17) is 19.2 Å². The third-order valence-corrected chi connectivity index (χ3v) is 5.72. The number of imidazole rings is 1. The maximum absolute atomic E-state index is 13.3. The zero-order valence-corrected chi connectivity index (χ0v) is 19.0. The van der Waals surface area contributed by atoms with E-state index in [2.05, 4.69) is 5.32 Å². The number of benzene rings is 3. The first-order valence-electron chi connectivity index (χ1n) is 11.1. The third kappa shape index (κ3) is 4.13. The normalized spacial score (nSPS) is 15.1. The molecule has 1 aromatic heterocycles. The largest absolute Gasteiger partial charge is 0.460 e. The highest BCUT2D eigenvalue weighted by molar-refractivity contribution is 5.94. The van der Waals surface area contributed by atoms with Crippen molar-refractivity contribution in [3.8, 4) is 11.5 Å². The van der Waals surface area contributed by atoms with Gasteiger partial charge in [0, 0.05) is 12.8 Å². The van der Waals surface area contributed by atoms with Crippen LogP contribution < -0.4 is 10.1 Å². The summed E-state index contributed by atoms with van der Waals surface area (Å²) in [4.78, 5) is 18.0. The summed E-state index contributed by atoms with van der Waals surface area (Å²) >= 11 is 0. The van der Waals surface area contributed by atoms with Gasteiger partial charge < -0.3 is 19.5 Å². The number of carbonyl (C=O) groups is 1. The fraction of sp³-hybridized carbons (Fsp3) is 0.185. The molecule has 3 aromatic carbocycles. The molecule has 5 rings (SSSR count). The van der Waals surface area contributed by atoms with Crippen LogP contribution >= 0.6 is 0 Å². The fourth-order valence-electron chi connectivity index (χ4n) is 4.21. The van der Waals surface area contributed by atoms with E-state index >= 15 is 0 Å². The molecular weight excluding hydrogens is 430 g/mol. The van der Waals surface area contributed by atoms with Crippen molar-refractivity contribution in [3.05, 3.63) is 95.7 Å². The molecule has 0 amide bonds. The molecule has 0 aliphatic carbocycles. The first-order valence-corrected chi connectivity index (χ1v) is 11.1. The first kappa shape index (κ1) is 21.7. The van der Waals surface area contributed by atoms with Gasteiger partial charge in [0.1, 0.15) is 18.1 Å². The van der Waals surface area contributed by atoms with Gasteiger partial charge in [0.15, 0.2) is 0 Å². The second-order valence-corrected chi connectivity index (χ2v) is 7.98. The van der Waals surface area contributed by atoms with Crippen molar-refractivity contribution in [3.63, 3.8) is 0 Å². The number of fused-ring (bicyclic) bond motifs is 3. The van der Waals surface area contributed by atoms with Crippen LogP contribution in [-0.4, -0.2) is 35.8 Å². The van der Waals surface area contributed by atoms with Gasteiger partial charge in [-0.2, -0.15) is 0 Å². The van der Waals surface area contributed by atoms with Crippen molar-refractivity contribution >= 4 is 23.0 Å². The molecule has 7 nitrogen and oxygen atoms in total. The van der Waals surface area contributed by atoms with Crippen LogP contribution in [-0.2, 0) is 14.3 Å². The molecule has 2 heterocycles. The number of carbonyl (C=O) groups excluding carboxylic acids is 1. The van der Waals surface area contributed by atoms with Crippen LogP contribution in [0.5, 0.6) is 11.5 Å². The molecule has 172 valence electrons. The number of methoxy groups -OCH3 is 1. The number of nitrogens with zero attached hydrogens (tertiary/aromatic N) is 2. The van der Waals surface area contributed by atoms with Gasteiger partial charge in [-0.15, -0.1) is 0 Å². The number of ether oxygens (including phenoxy) is 3. The van der Waals surface area contributed by atoms with E-state index in [0.29, 0.717) is 29.6 Å². The minimum absolute atomic E-state index is 0.174. The lowest BCUT2D eigenvalue weighted by Crippen LogP contribution is -2.29. The van der Waals surface area contributed by atoms with Gasteiger partial charge in [-0.05, 0) is 48.9 Å². The molecule has 0 bridgehead atoms. The Balaban J connectivity index is 1.61. The molecule has 1 aliphatic heterocycles. The van der Waals surface area contributed by atoms with Gasteiger partial charge in [-0.1, -0.05) is 42.5 Å². The lowest BCUT2D eigenvalue weighted by atomic mass is 9.95. The Labute approximate surface area is 197 Å². The molecule has 1 N–H and O–H groups in total. The summed E-state index contributed by atoms with van der Waals surface area (Å²) in [6, 6.07) is 24.8. The Kier molecular flexibility index (Phi) is 6.01. The van der Waals surface area contributed by atoms with Gasteiger partial charge in [0.2, 0.25) is 5.95 Å². The van der Waals surface area contributed by atoms with Crippen LogP contribution in [0.15, 0.2) is 90.1 Å². The fourth-order valence-corrected chi connectivity index (χ4v) is 4.21. The summed E-state index contributed by atoms with van der Waals surface area (Å²) in [5.41, 5.74) is 3.86. The van der Waals surface area contributed by atoms with Gasteiger partial charge in [-0.3, -0.25) is 4.57 Å². The van der Waals surface area contributed by atoms with E-state index in [1.807, 2.05) is 90.4 Å². The number of aromatic nitrogens is 2. The van der Waals surface area contributed by atoms with Gasteiger partial charge in [0.05, 0.1) is 29.3 Å². The first-order chi connectivity index (χ1) is 16.7. The lowest BCUT2D eigenvalue weighted by Gasteiger charge is -2.30. The van der Waals surface area contributed by atoms with E-state index in [1.165, 1.54) is 0 Å². The standard InChI is InChI=1S/C27H25N3O4/c1-18-24(26(31)33-16-15-32-2)25(30-23-14-7-6-13-22(23)29-27(30)28-18)19-9-8-12-21(17-19)34-20-10-4-3-5-11-20/h3-14,17,25H,15-16H2,1-2H3,(H,28,29)/t25-/m0/s1. The van der Waals surface area contributed by atoms with Crippen molar-refractivity contribution in [1.29, 1.82) is 0 Å². The van der Waals surface area contributed by atoms with Crippen LogP contribution in [0.2, 0.25) is 0 Å². The zero-order chi connectivity index (χ0) is 23.5. The SMILES string of the molecule is COCCOC(=O)C1=C(C)Nc2nc3ccccc3n2[C@H]1c1cccc(Oc2ccccc2)c1. The number of rotatable bonds is 7. The third-order valence-electron chi connectivity index (χ3n) is 5.72. The Morgan fingerprint density at radius 2 is 1.74 bits per heavy atom. The molecule has 1 aliphatic rings. The molecule has 0 saturated heterocycles. The monoisotopic (exact) mass is 455 g/mol. The minimum Gasteiger partial charge on any atom is -0.460 e. The maximum atomic E-state index is 13.3. The molecule has 0 radical (unpaired) electrons. The van der Waals surface area contributed by atoms with Gasteiger partial charge >= 0.3 is 5.97 Å². The Morgan fingerprint density at radius 1 is 0.971 bits per heavy atom. The predicted octanol–water partition coefficient (Wildman–Crippen LogP) is 5.31. The highest BCUT2D eigenvalue weighted by Crippen LogP contribution is 2.40. The topological polar surface area (TPSA) is 74.6 Å². The summed E-state index contributed by atoms with van der Waals surface area (Å²) in [6.45, 7) is 2.37. The molecule has 0 spiro atoms. The quantitative estimate of drug-likeness (QED) is 0.301. The van der Waals surface area contributed by atoms with Gasteiger partial charge in [-0.25, -0.2) is 9.78 Å². The average Bonchev–Trinajstić information content (AvgIpc) is 3.22. The van der Waals surface area contributed by atoms with Crippen LogP contribution in [0.25, 0.3) is 11.0 Å². The number of para-hydroxylation sites is 3. The summed E-state index contributed by atoms with van der Waals surface area (Å²) in [7, 11) is 1.57. The lowest BCUT2D eigenvalue weighted by molar-refractivity contribution is -0.140. The van der Waals surface area contributed by atoms with Gasteiger partial charge in [0.25, 0.3) is 0 Å². The smallest absolute Gasteiger partial charge is 0.338 e. The van der Waals surface area contributed by atoms with Crippen LogP contribution in [0.3, 0.4) is 0 Å². The molecule has 0 fully saturated rings. The Hall–Kier alpha value is -4.10. The average molecular weight is 456 g/mol. The number of hydrogen-bond donors (Lipinski definition) is 1. The van der Waals surface area contributed by atoms with E-state index in [-0.39, 0.29) is 6.61 Å². The van der Waals surface area contributed by atoms with Crippen LogP contribution in [0, 0.1) is 0 Å². The predicted molar refractivity (Wildman–Crippen MR) is 130 cm³/mol. The second kappa shape index (κ2) is 9.41. The van der Waals surface area contributed by atoms with Crippen molar-refractivity contribution in [2.45, 2.75) is 13.0 Å². The number of anilines is 1. The molecular formula is C27H25N3O4. The number of esters is 1. The van der Waals surface area contributed by atoms with Crippen molar-refractivity contribution in [2.24, 2.45) is 0 Å². The molecule has 4 aromatic rings. The minimum atomic E-state index is -0.446. The van der Waals surface area contributed by atoms with Crippen molar-refractivity contribution in [2.75, 3.05) is 25.6 Å². The van der Waals surface area contributed by atoms with Crippen LogP contribution in [0.1, 0.15) is 18.5 Å². The summed E-state index contributed by atoms with van der Waals surface area (Å²) in [5.74, 6) is 1.69. The van der Waals surface area contributed by atoms with Crippen molar-refractivity contribution in [1.82, 2.24) is 9.55 Å². The summed E-state index contributed by atoms with van der Waals surface area (Å²) in [5, 5.41) is 3.29. The highest BCUT2D eigenvalue weighted by atomic mass is 16.6. The molecule has 34 heavy (non-hydrogen) atoms.